The molecule has 1 aromatic carbocycles. The lowest BCUT2D eigenvalue weighted by atomic mass is 10.0. The molecule has 7 nitrogen and oxygen atoms in total. The Kier molecular flexibility index (Phi) is 4.50. The summed E-state index contributed by atoms with van der Waals surface area (Å²) in [6, 6.07) is 13.9. The minimum atomic E-state index is -0.0750. The number of hydrogen-bond donors (Lipinski definition) is 2. The molecule has 0 aliphatic carbocycles. The molecular formula is C22H20N6O. The zero-order valence-electron chi connectivity index (χ0n) is 15.8. The van der Waals surface area contributed by atoms with E-state index in [1.165, 1.54) is 0 Å². The van der Waals surface area contributed by atoms with Crippen LogP contribution in [0.15, 0.2) is 65.8 Å². The Hall–Kier alpha value is -3.58. The van der Waals surface area contributed by atoms with Crippen LogP contribution in [0.5, 0.6) is 0 Å². The fourth-order valence-corrected chi connectivity index (χ4v) is 3.78. The average Bonchev–Trinajstić information content (AvgIpc) is 3.23. The van der Waals surface area contributed by atoms with E-state index in [4.69, 9.17) is 4.98 Å². The second kappa shape index (κ2) is 7.44. The summed E-state index contributed by atoms with van der Waals surface area (Å²) in [6.07, 6.45) is 6.03. The van der Waals surface area contributed by atoms with E-state index in [9.17, 15) is 4.79 Å². The Morgan fingerprint density at radius 2 is 1.90 bits per heavy atom. The molecule has 5 rings (SSSR count). The molecule has 0 saturated heterocycles. The molecule has 144 valence electrons. The van der Waals surface area contributed by atoms with Crippen LogP contribution >= 0.6 is 0 Å². The van der Waals surface area contributed by atoms with E-state index in [2.05, 4.69) is 37.2 Å². The maximum absolute atomic E-state index is 12.7. The molecule has 0 saturated carbocycles. The van der Waals surface area contributed by atoms with Crippen LogP contribution in [0, 0.1) is 0 Å². The van der Waals surface area contributed by atoms with Crippen molar-refractivity contribution in [3.8, 4) is 22.6 Å². The highest BCUT2D eigenvalue weighted by Crippen LogP contribution is 2.24. The predicted molar refractivity (Wildman–Crippen MR) is 110 cm³/mol. The highest BCUT2D eigenvalue weighted by atomic mass is 16.1. The number of aromatic nitrogens is 5. The van der Waals surface area contributed by atoms with Gasteiger partial charge in [0, 0.05) is 49.6 Å². The van der Waals surface area contributed by atoms with Gasteiger partial charge in [0.15, 0.2) is 0 Å². The molecule has 0 unspecified atom stereocenters. The van der Waals surface area contributed by atoms with E-state index in [1.807, 2.05) is 36.5 Å². The van der Waals surface area contributed by atoms with Crippen molar-refractivity contribution in [3.05, 3.63) is 88.2 Å². The quantitative estimate of drug-likeness (QED) is 0.565. The fourth-order valence-electron chi connectivity index (χ4n) is 3.78. The zero-order chi connectivity index (χ0) is 19.6. The lowest BCUT2D eigenvalue weighted by molar-refractivity contribution is 0.242. The first-order valence-electron chi connectivity index (χ1n) is 9.60. The molecule has 1 aliphatic rings. The number of rotatable bonds is 4. The van der Waals surface area contributed by atoms with E-state index in [-0.39, 0.29) is 5.56 Å². The summed E-state index contributed by atoms with van der Waals surface area (Å²) in [4.78, 5) is 26.7. The summed E-state index contributed by atoms with van der Waals surface area (Å²) in [7, 11) is 0. The molecule has 0 spiro atoms. The van der Waals surface area contributed by atoms with Crippen LogP contribution in [0.4, 0.5) is 0 Å². The Bertz CT molecular complexity index is 1180. The van der Waals surface area contributed by atoms with Gasteiger partial charge in [-0.2, -0.15) is 5.10 Å². The number of hydrogen-bond acceptors (Lipinski definition) is 5. The van der Waals surface area contributed by atoms with Gasteiger partial charge in [0.1, 0.15) is 5.82 Å². The van der Waals surface area contributed by atoms with Gasteiger partial charge in [0.25, 0.3) is 5.56 Å². The topological polar surface area (TPSA) is 90.6 Å². The first-order valence-corrected chi connectivity index (χ1v) is 9.60. The molecular weight excluding hydrogens is 364 g/mol. The number of nitrogens with one attached hydrogen (secondary N) is 2. The summed E-state index contributed by atoms with van der Waals surface area (Å²) in [5, 5.41) is 7.34. The second-order valence-corrected chi connectivity index (χ2v) is 7.18. The van der Waals surface area contributed by atoms with Gasteiger partial charge in [0.2, 0.25) is 0 Å². The molecule has 7 heteroatoms. The summed E-state index contributed by atoms with van der Waals surface area (Å²) >= 11 is 0. The number of fused-ring (bicyclic) bond motifs is 1. The van der Waals surface area contributed by atoms with Gasteiger partial charge in [0.05, 0.1) is 23.1 Å². The third-order valence-corrected chi connectivity index (χ3v) is 5.26. The SMILES string of the molecule is O=c1[nH]c(-c2cccnc2)nc2c1CN(Cc1cn[nH]c1-c1ccccc1)CC2. The third kappa shape index (κ3) is 3.48. The third-order valence-electron chi connectivity index (χ3n) is 5.26. The minimum absolute atomic E-state index is 0.0750. The van der Waals surface area contributed by atoms with Crippen molar-refractivity contribution in [2.45, 2.75) is 19.5 Å². The Balaban J connectivity index is 1.39. The lowest BCUT2D eigenvalue weighted by Crippen LogP contribution is -2.35. The summed E-state index contributed by atoms with van der Waals surface area (Å²) in [5.41, 5.74) is 5.62. The molecule has 0 fully saturated rings. The molecule has 4 aromatic rings. The van der Waals surface area contributed by atoms with Crippen molar-refractivity contribution in [2.24, 2.45) is 0 Å². The maximum atomic E-state index is 12.7. The molecule has 2 N–H and O–H groups in total. The molecule has 0 bridgehead atoms. The Morgan fingerprint density at radius 1 is 1.03 bits per heavy atom. The first-order chi connectivity index (χ1) is 14.3. The van der Waals surface area contributed by atoms with Gasteiger partial charge in [-0.1, -0.05) is 30.3 Å². The van der Waals surface area contributed by atoms with Crippen LogP contribution in [-0.2, 0) is 19.5 Å². The fraction of sp³-hybridized carbons (Fsp3) is 0.182. The monoisotopic (exact) mass is 384 g/mol. The van der Waals surface area contributed by atoms with Crippen molar-refractivity contribution in [1.82, 2.24) is 30.0 Å². The number of nitrogens with zero attached hydrogens (tertiary/aromatic N) is 4. The van der Waals surface area contributed by atoms with Crippen LogP contribution in [0.2, 0.25) is 0 Å². The summed E-state index contributed by atoms with van der Waals surface area (Å²) in [5.74, 6) is 0.580. The van der Waals surface area contributed by atoms with E-state index >= 15 is 0 Å². The summed E-state index contributed by atoms with van der Waals surface area (Å²) < 4.78 is 0. The first kappa shape index (κ1) is 17.5. The van der Waals surface area contributed by atoms with Gasteiger partial charge in [-0.25, -0.2) is 4.98 Å². The predicted octanol–water partition coefficient (Wildman–Crippen LogP) is 2.78. The van der Waals surface area contributed by atoms with E-state index in [0.717, 1.165) is 53.2 Å². The highest BCUT2D eigenvalue weighted by Gasteiger charge is 2.23. The smallest absolute Gasteiger partial charge is 0.255 e. The van der Waals surface area contributed by atoms with Crippen LogP contribution < -0.4 is 5.56 Å². The average molecular weight is 384 g/mol. The van der Waals surface area contributed by atoms with Crippen molar-refractivity contribution in [2.75, 3.05) is 6.54 Å². The zero-order valence-corrected chi connectivity index (χ0v) is 15.8. The van der Waals surface area contributed by atoms with Crippen molar-refractivity contribution < 1.29 is 0 Å². The number of H-pyrrole nitrogens is 2. The maximum Gasteiger partial charge on any atom is 0.255 e. The minimum Gasteiger partial charge on any atom is -0.306 e. The summed E-state index contributed by atoms with van der Waals surface area (Å²) in [6.45, 7) is 2.14. The molecule has 4 heterocycles. The van der Waals surface area contributed by atoms with Gasteiger partial charge in [-0.15, -0.1) is 0 Å². The molecule has 3 aromatic heterocycles. The number of aromatic amines is 2. The molecule has 29 heavy (non-hydrogen) atoms. The van der Waals surface area contributed by atoms with Crippen LogP contribution in [0.3, 0.4) is 0 Å². The molecule has 1 aliphatic heterocycles. The van der Waals surface area contributed by atoms with Gasteiger partial charge in [-0.05, 0) is 17.7 Å². The van der Waals surface area contributed by atoms with Crippen LogP contribution in [0.1, 0.15) is 16.8 Å². The van der Waals surface area contributed by atoms with Crippen LogP contribution in [0.25, 0.3) is 22.6 Å². The van der Waals surface area contributed by atoms with Crippen molar-refractivity contribution in [1.29, 1.82) is 0 Å². The van der Waals surface area contributed by atoms with Crippen molar-refractivity contribution >= 4 is 0 Å². The van der Waals surface area contributed by atoms with Gasteiger partial charge in [-0.3, -0.25) is 19.8 Å². The van der Waals surface area contributed by atoms with Crippen molar-refractivity contribution in [3.63, 3.8) is 0 Å². The van der Waals surface area contributed by atoms with E-state index < -0.39 is 0 Å². The lowest BCUT2D eigenvalue weighted by Gasteiger charge is -2.27. The Morgan fingerprint density at radius 3 is 2.72 bits per heavy atom. The Labute approximate surface area is 167 Å². The molecule has 0 radical (unpaired) electrons. The number of benzene rings is 1. The largest absolute Gasteiger partial charge is 0.306 e. The normalized spacial score (nSPS) is 13.9. The standard InChI is InChI=1S/C22H20N6O/c29-22-18-14-28(13-17-12-24-27-20(17)15-5-2-1-3-6-15)10-8-19(18)25-21(26-22)16-7-4-9-23-11-16/h1-7,9,11-12H,8,10,13-14H2,(H,24,27)(H,25,26,29). The molecule has 0 atom stereocenters. The van der Waals surface area contributed by atoms with Crippen LogP contribution in [-0.4, -0.2) is 36.6 Å². The highest BCUT2D eigenvalue weighted by molar-refractivity contribution is 5.62. The van der Waals surface area contributed by atoms with E-state index in [0.29, 0.717) is 12.4 Å². The number of pyridine rings is 1. The van der Waals surface area contributed by atoms with E-state index in [1.54, 1.807) is 12.4 Å². The van der Waals surface area contributed by atoms with Gasteiger partial charge >= 0.3 is 0 Å². The molecule has 0 amide bonds. The second-order valence-electron chi connectivity index (χ2n) is 7.18. The van der Waals surface area contributed by atoms with Gasteiger partial charge < -0.3 is 4.98 Å².